The van der Waals surface area contributed by atoms with Gasteiger partial charge >= 0.3 is 12.2 Å². The summed E-state index contributed by atoms with van der Waals surface area (Å²) in [7, 11) is 1.98. The molecule has 3 aliphatic rings. The van der Waals surface area contributed by atoms with E-state index in [0.29, 0.717) is 55.4 Å². The van der Waals surface area contributed by atoms with Crippen LogP contribution in [-0.2, 0) is 31.2 Å². The van der Waals surface area contributed by atoms with Crippen LogP contribution in [-0.4, -0.2) is 91.1 Å². The van der Waals surface area contributed by atoms with Crippen LogP contribution in [0.2, 0.25) is 0 Å². The third kappa shape index (κ3) is 5.57. The number of hydrogen-bond acceptors (Lipinski definition) is 7. The van der Waals surface area contributed by atoms with Crippen molar-refractivity contribution in [3.8, 4) is 22.8 Å². The van der Waals surface area contributed by atoms with Gasteiger partial charge in [0.15, 0.2) is 5.82 Å². The smallest absolute Gasteiger partial charge is 0.415 e. The molecule has 2 fully saturated rings. The number of imidazole rings is 1. The van der Waals surface area contributed by atoms with Crippen molar-refractivity contribution in [1.29, 1.82) is 0 Å². The Labute approximate surface area is 286 Å². The zero-order chi connectivity index (χ0) is 34.7. The molecular weight excluding hydrogens is 643 g/mol. The van der Waals surface area contributed by atoms with E-state index in [1.54, 1.807) is 11.0 Å². The summed E-state index contributed by atoms with van der Waals surface area (Å²) in [6, 6.07) is 12.8. The molecule has 0 bridgehead atoms. The van der Waals surface area contributed by atoms with Crippen molar-refractivity contribution >= 4 is 46.0 Å². The lowest BCUT2D eigenvalue weighted by molar-refractivity contribution is 0.0714. The number of anilines is 1. The van der Waals surface area contributed by atoms with Gasteiger partial charge < -0.3 is 29.2 Å². The van der Waals surface area contributed by atoms with Gasteiger partial charge in [-0.05, 0) is 79.6 Å². The van der Waals surface area contributed by atoms with Gasteiger partial charge in [-0.3, -0.25) is 9.69 Å². The van der Waals surface area contributed by atoms with E-state index in [4.69, 9.17) is 24.8 Å². The summed E-state index contributed by atoms with van der Waals surface area (Å²) in [6.07, 6.45) is 1.83. The Morgan fingerprint density at radius 2 is 1.92 bits per heavy atom. The number of nitrogens with zero attached hydrogens (tertiary/aromatic N) is 7. The minimum Gasteiger partial charge on any atom is -0.465 e. The zero-order valence-corrected chi connectivity index (χ0v) is 27.9. The molecule has 1 unspecified atom stereocenters. The van der Waals surface area contributed by atoms with Crippen LogP contribution < -0.4 is 10.2 Å². The molecule has 13 nitrogen and oxygen atoms in total. The quantitative estimate of drug-likeness (QED) is 0.205. The van der Waals surface area contributed by atoms with E-state index in [0.717, 1.165) is 70.0 Å². The number of amides is 3. The summed E-state index contributed by atoms with van der Waals surface area (Å²) in [4.78, 5) is 54.9. The topological polar surface area (TPSA) is 148 Å². The number of nitrogens with one attached hydrogen (secondary N) is 1. The van der Waals surface area contributed by atoms with E-state index >= 15 is 0 Å². The van der Waals surface area contributed by atoms with E-state index in [1.807, 2.05) is 38.2 Å². The van der Waals surface area contributed by atoms with Crippen LogP contribution >= 0.6 is 0 Å². The molecule has 1 atom stereocenters. The number of carboxylic acid groups (broad SMARTS) is 1. The minimum atomic E-state index is -1.32. The molecule has 1 saturated carbocycles. The highest BCUT2D eigenvalue weighted by Crippen LogP contribution is 2.38. The first-order valence-corrected chi connectivity index (χ1v) is 17.0. The Kier molecular flexibility index (Phi) is 7.88. The third-order valence-corrected chi connectivity index (χ3v) is 9.95. The lowest BCUT2D eigenvalue weighted by atomic mass is 9.97. The summed E-state index contributed by atoms with van der Waals surface area (Å²) in [5.41, 5.74) is 7.29. The second-order valence-corrected chi connectivity index (χ2v) is 13.3. The van der Waals surface area contributed by atoms with Gasteiger partial charge in [0.05, 0.1) is 40.7 Å². The average Bonchev–Trinajstić information content (AvgIpc) is 3.60. The highest BCUT2D eigenvalue weighted by Gasteiger charge is 2.30. The summed E-state index contributed by atoms with van der Waals surface area (Å²) in [5, 5.41) is 12.2. The van der Waals surface area contributed by atoms with E-state index in [1.165, 1.54) is 4.90 Å². The Morgan fingerprint density at radius 3 is 2.64 bits per heavy atom. The van der Waals surface area contributed by atoms with Crippen LogP contribution in [0.25, 0.3) is 44.8 Å². The molecule has 1 aliphatic carbocycles. The van der Waals surface area contributed by atoms with Crippen molar-refractivity contribution in [2.45, 2.75) is 45.2 Å². The summed E-state index contributed by atoms with van der Waals surface area (Å²) >= 11 is 0. The SMILES string of the molecule is CCc1nc(N2CCOC2=O)ccc1-c1ccc2cc(-c3nc4cc5c(cc4n3C)CCN(CC(CF)NC(=O)O)C5=O)n(CC3CC3)c2n1. The van der Waals surface area contributed by atoms with Crippen molar-refractivity contribution in [1.82, 2.24) is 34.3 Å². The van der Waals surface area contributed by atoms with Gasteiger partial charge in [-0.1, -0.05) is 6.92 Å². The van der Waals surface area contributed by atoms with E-state index in [2.05, 4.69) is 26.6 Å². The van der Waals surface area contributed by atoms with Gasteiger partial charge in [0.25, 0.3) is 5.91 Å². The largest absolute Gasteiger partial charge is 0.465 e. The maximum atomic E-state index is 13.5. The fourth-order valence-electron chi connectivity index (χ4n) is 7.14. The number of hydrogen-bond donors (Lipinski definition) is 2. The van der Waals surface area contributed by atoms with E-state index in [9.17, 15) is 18.8 Å². The normalized spacial score (nSPS) is 16.7. The van der Waals surface area contributed by atoms with Crippen LogP contribution in [0.5, 0.6) is 0 Å². The number of ether oxygens (including phenoxy) is 1. The number of pyridine rings is 2. The fourth-order valence-corrected chi connectivity index (χ4v) is 7.14. The van der Waals surface area contributed by atoms with Gasteiger partial charge in [0.2, 0.25) is 0 Å². The summed E-state index contributed by atoms with van der Waals surface area (Å²) < 4.78 is 23.0. The Hall–Kier alpha value is -5.53. The molecule has 8 rings (SSSR count). The van der Waals surface area contributed by atoms with Crippen LogP contribution in [0.1, 0.15) is 41.4 Å². The molecule has 50 heavy (non-hydrogen) atoms. The predicted octanol–water partition coefficient (Wildman–Crippen LogP) is 5.19. The average molecular weight is 681 g/mol. The van der Waals surface area contributed by atoms with Crippen molar-refractivity contribution in [3.05, 3.63) is 59.3 Å². The number of cyclic esters (lactones) is 1. The molecule has 5 aromatic rings. The number of fused-ring (bicyclic) bond motifs is 3. The molecule has 258 valence electrons. The number of aromatic nitrogens is 5. The molecule has 1 saturated heterocycles. The number of carbonyl (C=O) groups is 3. The number of carbonyl (C=O) groups excluding carboxylic acids is 2. The molecule has 0 spiro atoms. The third-order valence-electron chi connectivity index (χ3n) is 9.95. The second-order valence-electron chi connectivity index (χ2n) is 13.3. The molecule has 0 radical (unpaired) electrons. The lowest BCUT2D eigenvalue weighted by Crippen LogP contribution is -2.48. The monoisotopic (exact) mass is 680 g/mol. The van der Waals surface area contributed by atoms with Gasteiger partial charge in [0, 0.05) is 43.2 Å². The number of halogens is 1. The van der Waals surface area contributed by atoms with Crippen LogP contribution in [0, 0.1) is 5.92 Å². The van der Waals surface area contributed by atoms with Gasteiger partial charge in [0.1, 0.15) is 24.7 Å². The molecule has 2 N–H and O–H groups in total. The fraction of sp³-hybridized carbons (Fsp3) is 0.389. The number of aryl methyl sites for hydroxylation is 2. The minimum absolute atomic E-state index is 0.0458. The zero-order valence-electron chi connectivity index (χ0n) is 27.9. The maximum Gasteiger partial charge on any atom is 0.415 e. The molecule has 2 aliphatic heterocycles. The first kappa shape index (κ1) is 31.7. The molecule has 1 aromatic carbocycles. The maximum absolute atomic E-state index is 13.5. The highest BCUT2D eigenvalue weighted by molar-refractivity contribution is 6.01. The van der Waals surface area contributed by atoms with Gasteiger partial charge in [-0.25, -0.2) is 28.9 Å². The second kappa shape index (κ2) is 12.4. The molecule has 4 aromatic heterocycles. The summed E-state index contributed by atoms with van der Waals surface area (Å²) in [5.74, 6) is 1.62. The summed E-state index contributed by atoms with van der Waals surface area (Å²) in [6.45, 7) is 3.08. The van der Waals surface area contributed by atoms with Crippen LogP contribution in [0.15, 0.2) is 42.5 Å². The molecular formula is C36H37FN8O5. The van der Waals surface area contributed by atoms with Crippen LogP contribution in [0.3, 0.4) is 0 Å². The first-order chi connectivity index (χ1) is 24.2. The Morgan fingerprint density at radius 1 is 1.08 bits per heavy atom. The first-order valence-electron chi connectivity index (χ1n) is 17.0. The Bertz CT molecular complexity index is 2190. The Balaban J connectivity index is 1.16. The van der Waals surface area contributed by atoms with Crippen molar-refractivity contribution in [2.75, 3.05) is 37.8 Å². The highest BCUT2D eigenvalue weighted by atomic mass is 19.1. The van der Waals surface area contributed by atoms with Crippen LogP contribution in [0.4, 0.5) is 19.8 Å². The number of rotatable bonds is 10. The molecule has 6 heterocycles. The van der Waals surface area contributed by atoms with E-state index < -0.39 is 18.8 Å². The lowest BCUT2D eigenvalue weighted by Gasteiger charge is -2.31. The number of benzene rings is 1. The number of alkyl halides is 1. The molecule has 14 heteroatoms. The van der Waals surface area contributed by atoms with Crippen molar-refractivity contribution in [2.24, 2.45) is 13.0 Å². The predicted molar refractivity (Wildman–Crippen MR) is 184 cm³/mol. The molecule has 3 amide bonds. The van der Waals surface area contributed by atoms with Gasteiger partial charge in [-0.2, -0.15) is 0 Å². The van der Waals surface area contributed by atoms with Gasteiger partial charge in [-0.15, -0.1) is 0 Å². The van der Waals surface area contributed by atoms with Crippen molar-refractivity contribution in [3.63, 3.8) is 0 Å². The van der Waals surface area contributed by atoms with E-state index in [-0.39, 0.29) is 18.5 Å². The standard InChI is InChI=1S/C36H37FN8O5/c1-3-26-24(7-9-31(39-26)44-12-13-50-36(44)49)27-8-6-22-15-30(45(32(22)40-27)18-20-4-5-20)33-41-28-16-25-21(14-29(28)42(33)2)10-11-43(34(25)46)19-23(17-37)38-35(47)48/h6-9,14-16,20,23,38H,3-5,10-13,17-19H2,1-2H3,(H,47,48). The van der Waals surface area contributed by atoms with Crippen molar-refractivity contribution < 1.29 is 28.6 Å².